The third-order valence-corrected chi connectivity index (χ3v) is 5.50. The van der Waals surface area contributed by atoms with E-state index in [1.807, 2.05) is 35.2 Å². The maximum atomic E-state index is 12.7. The predicted octanol–water partition coefficient (Wildman–Crippen LogP) is 4.41. The van der Waals surface area contributed by atoms with Crippen LogP contribution in [-0.4, -0.2) is 32.8 Å². The average Bonchev–Trinajstić information content (AvgIpc) is 3.17. The fourth-order valence-electron chi connectivity index (χ4n) is 2.73. The van der Waals surface area contributed by atoms with Gasteiger partial charge in [-0.25, -0.2) is 0 Å². The van der Waals surface area contributed by atoms with E-state index in [9.17, 15) is 4.79 Å². The molecule has 1 aromatic carbocycles. The number of rotatable bonds is 8. The Kier molecular flexibility index (Phi) is 5.50. The second kappa shape index (κ2) is 8.19. The molecule has 0 N–H and O–H groups in total. The fraction of sp³-hybridized carbons (Fsp3) is 0.316. The molecule has 0 saturated heterocycles. The van der Waals surface area contributed by atoms with Crippen LogP contribution in [-0.2, 0) is 17.1 Å². The molecular weight excluding hydrogens is 386 g/mol. The van der Waals surface area contributed by atoms with Gasteiger partial charge >= 0.3 is 0 Å². The molecule has 1 saturated carbocycles. The molecule has 1 aliphatic carbocycles. The molecule has 1 fully saturated rings. The van der Waals surface area contributed by atoms with Crippen molar-refractivity contribution in [3.8, 4) is 11.5 Å². The van der Waals surface area contributed by atoms with Crippen LogP contribution in [0.25, 0.3) is 11.5 Å². The Morgan fingerprint density at radius 3 is 2.81 bits per heavy atom. The van der Waals surface area contributed by atoms with Crippen LogP contribution >= 0.6 is 23.4 Å². The Balaban J connectivity index is 1.38. The number of benzene rings is 1. The van der Waals surface area contributed by atoms with Crippen LogP contribution in [0.2, 0.25) is 5.02 Å². The van der Waals surface area contributed by atoms with Crippen molar-refractivity contribution in [2.24, 2.45) is 0 Å². The second-order valence-corrected chi connectivity index (χ2v) is 7.70. The van der Waals surface area contributed by atoms with Crippen LogP contribution in [0.15, 0.2) is 51.5 Å². The highest BCUT2D eigenvalue weighted by atomic mass is 35.5. The van der Waals surface area contributed by atoms with Gasteiger partial charge in [-0.1, -0.05) is 23.7 Å². The standard InChI is InChI=1S/C19H18ClN3O3S/c20-16-6-2-1-5-15(16)19-22-21-17(26-19)10-23(13-7-8-13)18(24)12-27-11-14-4-3-9-25-14/h1-6,9,13H,7-8,10-12H2. The molecule has 2 heterocycles. The summed E-state index contributed by atoms with van der Waals surface area (Å²) in [5, 5.41) is 8.73. The van der Waals surface area contributed by atoms with E-state index >= 15 is 0 Å². The minimum absolute atomic E-state index is 0.0755. The van der Waals surface area contributed by atoms with Gasteiger partial charge in [-0.3, -0.25) is 4.79 Å². The summed E-state index contributed by atoms with van der Waals surface area (Å²) in [6.07, 6.45) is 3.67. The first kappa shape index (κ1) is 18.1. The predicted molar refractivity (Wildman–Crippen MR) is 103 cm³/mol. The molecule has 2 aromatic heterocycles. The molecule has 0 aliphatic heterocycles. The van der Waals surface area contributed by atoms with E-state index in [2.05, 4.69) is 10.2 Å². The van der Waals surface area contributed by atoms with Gasteiger partial charge in [0.2, 0.25) is 17.7 Å². The number of hydrogen-bond donors (Lipinski definition) is 0. The SMILES string of the molecule is O=C(CSCc1ccco1)N(Cc1nnc(-c2ccccc2Cl)o1)C1CC1. The van der Waals surface area contributed by atoms with Crippen molar-refractivity contribution >= 4 is 29.3 Å². The molecule has 0 bridgehead atoms. The molecule has 3 aromatic rings. The van der Waals surface area contributed by atoms with Crippen molar-refractivity contribution in [3.63, 3.8) is 0 Å². The Morgan fingerprint density at radius 1 is 1.22 bits per heavy atom. The lowest BCUT2D eigenvalue weighted by atomic mass is 10.2. The zero-order valence-electron chi connectivity index (χ0n) is 14.5. The van der Waals surface area contributed by atoms with E-state index in [4.69, 9.17) is 20.4 Å². The monoisotopic (exact) mass is 403 g/mol. The second-order valence-electron chi connectivity index (χ2n) is 6.31. The fourth-order valence-corrected chi connectivity index (χ4v) is 3.75. The van der Waals surface area contributed by atoms with Gasteiger partial charge in [0.05, 0.1) is 34.9 Å². The summed E-state index contributed by atoms with van der Waals surface area (Å²) >= 11 is 7.72. The molecule has 6 nitrogen and oxygen atoms in total. The van der Waals surface area contributed by atoms with Gasteiger partial charge in [-0.05, 0) is 37.1 Å². The molecular formula is C19H18ClN3O3S. The lowest BCUT2D eigenvalue weighted by Gasteiger charge is -2.20. The molecule has 0 unspecified atom stereocenters. The number of halogens is 1. The number of amides is 1. The maximum Gasteiger partial charge on any atom is 0.249 e. The van der Waals surface area contributed by atoms with E-state index in [-0.39, 0.29) is 11.9 Å². The summed E-state index contributed by atoms with van der Waals surface area (Å²) in [4.78, 5) is 14.5. The van der Waals surface area contributed by atoms with E-state index in [1.54, 1.807) is 12.3 Å². The molecule has 1 aliphatic rings. The normalized spacial score (nSPS) is 13.7. The Labute approximate surface area is 165 Å². The van der Waals surface area contributed by atoms with Gasteiger partial charge in [0.15, 0.2) is 0 Å². The highest BCUT2D eigenvalue weighted by molar-refractivity contribution is 7.99. The number of carbonyl (C=O) groups excluding carboxylic acids is 1. The zero-order valence-corrected chi connectivity index (χ0v) is 16.1. The van der Waals surface area contributed by atoms with Crippen LogP contribution < -0.4 is 0 Å². The van der Waals surface area contributed by atoms with Crippen molar-refractivity contribution in [1.82, 2.24) is 15.1 Å². The van der Waals surface area contributed by atoms with Gasteiger partial charge in [-0.2, -0.15) is 0 Å². The molecule has 1 amide bonds. The average molecular weight is 404 g/mol. The molecule has 0 spiro atoms. The van der Waals surface area contributed by atoms with Crippen LogP contribution in [0.3, 0.4) is 0 Å². The molecule has 0 atom stereocenters. The Hall–Kier alpha value is -2.25. The largest absolute Gasteiger partial charge is 0.468 e. The summed E-state index contributed by atoms with van der Waals surface area (Å²) in [5.74, 6) is 2.79. The number of hydrogen-bond acceptors (Lipinski definition) is 6. The van der Waals surface area contributed by atoms with E-state index < -0.39 is 0 Å². The van der Waals surface area contributed by atoms with E-state index in [0.717, 1.165) is 18.6 Å². The van der Waals surface area contributed by atoms with Crippen molar-refractivity contribution in [3.05, 3.63) is 59.3 Å². The Bertz CT molecular complexity index is 909. The summed E-state index contributed by atoms with van der Waals surface area (Å²) in [5.41, 5.74) is 0.691. The highest BCUT2D eigenvalue weighted by Crippen LogP contribution is 2.30. The van der Waals surface area contributed by atoms with Crippen molar-refractivity contribution in [1.29, 1.82) is 0 Å². The number of carbonyl (C=O) groups is 1. The Morgan fingerprint density at radius 2 is 2.07 bits per heavy atom. The summed E-state index contributed by atoms with van der Waals surface area (Å²) < 4.78 is 11.0. The maximum absolute atomic E-state index is 12.7. The minimum atomic E-state index is 0.0755. The van der Waals surface area contributed by atoms with Gasteiger partial charge in [0.1, 0.15) is 5.76 Å². The van der Waals surface area contributed by atoms with Crippen LogP contribution in [0.5, 0.6) is 0 Å². The quantitative estimate of drug-likeness (QED) is 0.554. The van der Waals surface area contributed by atoms with Gasteiger partial charge in [0, 0.05) is 6.04 Å². The van der Waals surface area contributed by atoms with Crippen molar-refractivity contribution in [2.45, 2.75) is 31.2 Å². The number of aromatic nitrogens is 2. The topological polar surface area (TPSA) is 72.4 Å². The zero-order chi connectivity index (χ0) is 18.6. The summed E-state index contributed by atoms with van der Waals surface area (Å²) in [6, 6.07) is 11.3. The minimum Gasteiger partial charge on any atom is -0.468 e. The van der Waals surface area contributed by atoms with Crippen LogP contribution in [0.4, 0.5) is 0 Å². The van der Waals surface area contributed by atoms with Gasteiger partial charge in [0.25, 0.3) is 0 Å². The summed E-state index contributed by atoms with van der Waals surface area (Å²) in [6.45, 7) is 0.322. The third-order valence-electron chi connectivity index (χ3n) is 4.23. The highest BCUT2D eigenvalue weighted by Gasteiger charge is 2.33. The number of thioether (sulfide) groups is 1. The van der Waals surface area contributed by atoms with Crippen molar-refractivity contribution in [2.75, 3.05) is 5.75 Å². The number of nitrogens with zero attached hydrogens (tertiary/aromatic N) is 3. The van der Waals surface area contributed by atoms with Gasteiger partial charge in [-0.15, -0.1) is 22.0 Å². The molecule has 27 heavy (non-hydrogen) atoms. The molecule has 8 heteroatoms. The molecule has 140 valence electrons. The molecule has 0 radical (unpaired) electrons. The smallest absolute Gasteiger partial charge is 0.249 e. The third kappa shape index (κ3) is 4.54. The number of furan rings is 1. The first-order valence-corrected chi connectivity index (χ1v) is 10.2. The first-order valence-electron chi connectivity index (χ1n) is 8.67. The lowest BCUT2D eigenvalue weighted by molar-refractivity contribution is -0.129. The van der Waals surface area contributed by atoms with Crippen molar-refractivity contribution < 1.29 is 13.6 Å². The van der Waals surface area contributed by atoms with E-state index in [1.165, 1.54) is 11.8 Å². The van der Waals surface area contributed by atoms with Crippen LogP contribution in [0, 0.1) is 0 Å². The van der Waals surface area contributed by atoms with Gasteiger partial charge < -0.3 is 13.7 Å². The summed E-state index contributed by atoms with van der Waals surface area (Å²) in [7, 11) is 0. The van der Waals surface area contributed by atoms with Crippen LogP contribution in [0.1, 0.15) is 24.5 Å². The molecule has 4 rings (SSSR count). The lowest BCUT2D eigenvalue weighted by Crippen LogP contribution is -2.34. The van der Waals surface area contributed by atoms with E-state index in [0.29, 0.717) is 40.4 Å². The first-order chi connectivity index (χ1) is 13.2.